The first kappa shape index (κ1) is 10.7. The summed E-state index contributed by atoms with van der Waals surface area (Å²) in [6.45, 7) is 1.92. The van der Waals surface area contributed by atoms with Gasteiger partial charge in [-0.2, -0.15) is 0 Å². The molecule has 1 heterocycles. The number of para-hydroxylation sites is 1. The number of hydrogen-bond acceptors (Lipinski definition) is 3. The molecule has 1 atom stereocenters. The molecular formula is C12H13NO3. The van der Waals surface area contributed by atoms with Crippen LogP contribution in [0.3, 0.4) is 0 Å². The molecule has 0 saturated carbocycles. The summed E-state index contributed by atoms with van der Waals surface area (Å²) in [6.07, 6.45) is 0.777. The fourth-order valence-electron chi connectivity index (χ4n) is 2.06. The predicted octanol–water partition coefficient (Wildman–Crippen LogP) is 1.14. The summed E-state index contributed by atoms with van der Waals surface area (Å²) >= 11 is 0. The number of methoxy groups -OCH3 is 1. The zero-order valence-corrected chi connectivity index (χ0v) is 9.27. The van der Waals surface area contributed by atoms with Gasteiger partial charge in [-0.1, -0.05) is 18.2 Å². The van der Waals surface area contributed by atoms with Gasteiger partial charge in [0.1, 0.15) is 0 Å². The number of fused-ring (bicyclic) bond motifs is 1. The lowest BCUT2D eigenvalue weighted by atomic mass is 10.1. The molecular weight excluding hydrogens is 206 g/mol. The van der Waals surface area contributed by atoms with Crippen LogP contribution in [-0.2, 0) is 20.7 Å². The molecule has 0 aromatic heterocycles. The monoisotopic (exact) mass is 219 g/mol. The Morgan fingerprint density at radius 2 is 2.06 bits per heavy atom. The second-order valence-electron chi connectivity index (χ2n) is 3.85. The summed E-state index contributed by atoms with van der Waals surface area (Å²) in [6, 6.07) is 7.60. The van der Waals surface area contributed by atoms with E-state index in [1.54, 1.807) is 0 Å². The standard InChI is InChI=1S/C12H13NO3/c1-8-7-9-5-3-4-6-10(9)13(8)11(14)12(15)16-2/h3-6,8H,7H2,1-2H3. The van der Waals surface area contributed by atoms with Gasteiger partial charge in [0.15, 0.2) is 0 Å². The van der Waals surface area contributed by atoms with E-state index in [0.717, 1.165) is 17.7 Å². The zero-order valence-electron chi connectivity index (χ0n) is 9.27. The number of carbonyl (C=O) groups excluding carboxylic acids is 2. The van der Waals surface area contributed by atoms with Crippen molar-refractivity contribution < 1.29 is 14.3 Å². The summed E-state index contributed by atoms with van der Waals surface area (Å²) in [7, 11) is 1.22. The molecule has 1 aromatic rings. The highest BCUT2D eigenvalue weighted by Crippen LogP contribution is 2.31. The van der Waals surface area contributed by atoms with Gasteiger partial charge in [-0.15, -0.1) is 0 Å². The van der Waals surface area contributed by atoms with Crippen LogP contribution < -0.4 is 4.90 Å². The second-order valence-corrected chi connectivity index (χ2v) is 3.85. The summed E-state index contributed by atoms with van der Waals surface area (Å²) in [5.41, 5.74) is 1.90. The van der Waals surface area contributed by atoms with E-state index in [9.17, 15) is 9.59 Å². The van der Waals surface area contributed by atoms with Crippen LogP contribution in [0, 0.1) is 0 Å². The Labute approximate surface area is 93.8 Å². The van der Waals surface area contributed by atoms with E-state index in [0.29, 0.717) is 0 Å². The minimum atomic E-state index is -0.816. The Hall–Kier alpha value is -1.84. The number of benzene rings is 1. The van der Waals surface area contributed by atoms with Gasteiger partial charge in [0, 0.05) is 11.7 Å². The first-order valence-electron chi connectivity index (χ1n) is 5.14. The largest absolute Gasteiger partial charge is 0.462 e. The molecule has 0 aliphatic carbocycles. The Morgan fingerprint density at radius 3 is 2.75 bits per heavy atom. The fourth-order valence-corrected chi connectivity index (χ4v) is 2.06. The number of hydrogen-bond donors (Lipinski definition) is 0. The van der Waals surface area contributed by atoms with Gasteiger partial charge in [0.25, 0.3) is 0 Å². The lowest BCUT2D eigenvalue weighted by Gasteiger charge is -2.20. The molecule has 0 N–H and O–H groups in total. The average molecular weight is 219 g/mol. The maximum Gasteiger partial charge on any atom is 0.397 e. The Balaban J connectivity index is 2.36. The van der Waals surface area contributed by atoms with Gasteiger partial charge in [0.2, 0.25) is 0 Å². The van der Waals surface area contributed by atoms with Crippen molar-refractivity contribution in [3.05, 3.63) is 29.8 Å². The van der Waals surface area contributed by atoms with E-state index in [2.05, 4.69) is 4.74 Å². The number of rotatable bonds is 0. The molecule has 4 heteroatoms. The van der Waals surface area contributed by atoms with Crippen molar-refractivity contribution in [2.45, 2.75) is 19.4 Å². The van der Waals surface area contributed by atoms with Gasteiger partial charge < -0.3 is 4.74 Å². The van der Waals surface area contributed by atoms with Crippen LogP contribution in [0.15, 0.2) is 24.3 Å². The molecule has 1 aliphatic rings. The molecule has 4 nitrogen and oxygen atoms in total. The van der Waals surface area contributed by atoms with E-state index in [1.807, 2.05) is 31.2 Å². The van der Waals surface area contributed by atoms with E-state index >= 15 is 0 Å². The Bertz CT molecular complexity index is 442. The highest BCUT2D eigenvalue weighted by Gasteiger charge is 2.34. The summed E-state index contributed by atoms with van der Waals surface area (Å²) in [5.74, 6) is -1.41. The summed E-state index contributed by atoms with van der Waals surface area (Å²) < 4.78 is 4.46. The van der Waals surface area contributed by atoms with Crippen LogP contribution in [0.5, 0.6) is 0 Å². The van der Waals surface area contributed by atoms with Crippen LogP contribution in [-0.4, -0.2) is 25.0 Å². The van der Waals surface area contributed by atoms with Gasteiger partial charge in [-0.05, 0) is 25.0 Å². The Morgan fingerprint density at radius 1 is 1.38 bits per heavy atom. The highest BCUT2D eigenvalue weighted by atomic mass is 16.5. The Kier molecular flexibility index (Phi) is 2.64. The third-order valence-corrected chi connectivity index (χ3v) is 2.79. The maximum atomic E-state index is 11.8. The molecule has 1 unspecified atom stereocenters. The maximum absolute atomic E-state index is 11.8. The van der Waals surface area contributed by atoms with Crippen LogP contribution >= 0.6 is 0 Å². The van der Waals surface area contributed by atoms with Crippen molar-refractivity contribution in [1.82, 2.24) is 0 Å². The molecule has 1 amide bonds. The molecule has 0 spiro atoms. The SMILES string of the molecule is COC(=O)C(=O)N1c2ccccc2CC1C. The number of ether oxygens (including phenoxy) is 1. The van der Waals surface area contributed by atoms with Crippen LogP contribution in [0.2, 0.25) is 0 Å². The van der Waals surface area contributed by atoms with Crippen LogP contribution in [0.4, 0.5) is 5.69 Å². The molecule has 1 aliphatic heterocycles. The molecule has 0 radical (unpaired) electrons. The molecule has 1 aromatic carbocycles. The van der Waals surface area contributed by atoms with Crippen LogP contribution in [0.25, 0.3) is 0 Å². The van der Waals surface area contributed by atoms with E-state index in [-0.39, 0.29) is 6.04 Å². The molecule has 0 bridgehead atoms. The van der Waals surface area contributed by atoms with E-state index < -0.39 is 11.9 Å². The summed E-state index contributed by atoms with van der Waals surface area (Å²) in [4.78, 5) is 24.5. The number of amides is 1. The topological polar surface area (TPSA) is 46.6 Å². The number of carbonyl (C=O) groups is 2. The van der Waals surface area contributed by atoms with Gasteiger partial charge >= 0.3 is 11.9 Å². The zero-order chi connectivity index (χ0) is 11.7. The van der Waals surface area contributed by atoms with Crippen molar-refractivity contribution in [3.8, 4) is 0 Å². The van der Waals surface area contributed by atoms with Gasteiger partial charge in [0.05, 0.1) is 7.11 Å². The number of anilines is 1. The smallest absolute Gasteiger partial charge is 0.397 e. The normalized spacial score (nSPS) is 18.1. The van der Waals surface area contributed by atoms with Crippen LogP contribution in [0.1, 0.15) is 12.5 Å². The molecule has 2 rings (SSSR count). The third-order valence-electron chi connectivity index (χ3n) is 2.79. The van der Waals surface area contributed by atoms with Crippen molar-refractivity contribution in [3.63, 3.8) is 0 Å². The number of nitrogens with zero attached hydrogens (tertiary/aromatic N) is 1. The molecule has 84 valence electrons. The van der Waals surface area contributed by atoms with Crippen molar-refractivity contribution in [1.29, 1.82) is 0 Å². The lowest BCUT2D eigenvalue weighted by molar-refractivity contribution is -0.151. The number of esters is 1. The quantitative estimate of drug-likeness (QED) is 0.485. The van der Waals surface area contributed by atoms with Crippen molar-refractivity contribution in [2.24, 2.45) is 0 Å². The van der Waals surface area contributed by atoms with Crippen molar-refractivity contribution >= 4 is 17.6 Å². The van der Waals surface area contributed by atoms with Gasteiger partial charge in [-0.3, -0.25) is 9.69 Å². The minimum Gasteiger partial charge on any atom is -0.462 e. The van der Waals surface area contributed by atoms with Crippen molar-refractivity contribution in [2.75, 3.05) is 12.0 Å². The lowest BCUT2D eigenvalue weighted by Crippen LogP contribution is -2.40. The molecule has 0 fully saturated rings. The van der Waals surface area contributed by atoms with E-state index in [1.165, 1.54) is 12.0 Å². The molecule has 0 saturated heterocycles. The molecule has 16 heavy (non-hydrogen) atoms. The minimum absolute atomic E-state index is 0.00370. The first-order valence-corrected chi connectivity index (χ1v) is 5.14. The summed E-state index contributed by atoms with van der Waals surface area (Å²) in [5, 5.41) is 0. The average Bonchev–Trinajstić information content (AvgIpc) is 2.63. The van der Waals surface area contributed by atoms with E-state index in [4.69, 9.17) is 0 Å². The first-order chi connectivity index (χ1) is 7.65. The fraction of sp³-hybridized carbons (Fsp3) is 0.333. The highest BCUT2D eigenvalue weighted by molar-refractivity contribution is 6.38. The van der Waals surface area contributed by atoms with Gasteiger partial charge in [-0.25, -0.2) is 4.79 Å². The predicted molar refractivity (Wildman–Crippen MR) is 59.1 cm³/mol. The third kappa shape index (κ3) is 1.56. The second kappa shape index (κ2) is 3.96.